The van der Waals surface area contributed by atoms with E-state index in [0.29, 0.717) is 13.0 Å². The van der Waals surface area contributed by atoms with Gasteiger partial charge in [-0.05, 0) is 6.42 Å². The number of carboxylic acids is 1. The summed E-state index contributed by atoms with van der Waals surface area (Å²) in [5.41, 5.74) is 5.07. The second kappa shape index (κ2) is 2.17. The molecule has 56 valence electrons. The normalized spacial score (nSPS) is 23.6. The van der Waals surface area contributed by atoms with Gasteiger partial charge in [0, 0.05) is 6.54 Å². The minimum atomic E-state index is -0.901. The molecule has 0 aromatic carbocycles. The molecule has 1 fully saturated rings. The molecule has 0 aromatic heterocycles. The molecule has 1 heterocycles. The Morgan fingerprint density at radius 3 is 2.50 bits per heavy atom. The SMILES string of the molecule is N=C(N)N1CCC1C(=O)O. The first kappa shape index (κ1) is 6.85. The van der Waals surface area contributed by atoms with Crippen molar-refractivity contribution in [3.63, 3.8) is 0 Å². The topological polar surface area (TPSA) is 90.4 Å². The summed E-state index contributed by atoms with van der Waals surface area (Å²) >= 11 is 0. The number of hydrogen-bond acceptors (Lipinski definition) is 2. The molecule has 10 heavy (non-hydrogen) atoms. The van der Waals surface area contributed by atoms with Crippen molar-refractivity contribution in [3.8, 4) is 0 Å². The van der Waals surface area contributed by atoms with Gasteiger partial charge >= 0.3 is 5.97 Å². The smallest absolute Gasteiger partial charge is 0.326 e. The number of aliphatic carboxylic acids is 1. The van der Waals surface area contributed by atoms with Crippen LogP contribution < -0.4 is 5.73 Å². The molecule has 0 spiro atoms. The van der Waals surface area contributed by atoms with Crippen LogP contribution in [0.3, 0.4) is 0 Å². The van der Waals surface area contributed by atoms with Crippen molar-refractivity contribution in [1.29, 1.82) is 5.41 Å². The van der Waals surface area contributed by atoms with Gasteiger partial charge in [0.15, 0.2) is 5.96 Å². The molecule has 0 amide bonds. The first-order chi connectivity index (χ1) is 4.63. The largest absolute Gasteiger partial charge is 0.480 e. The van der Waals surface area contributed by atoms with Crippen molar-refractivity contribution in [2.45, 2.75) is 12.5 Å². The summed E-state index contributed by atoms with van der Waals surface area (Å²) < 4.78 is 0. The average molecular weight is 143 g/mol. The van der Waals surface area contributed by atoms with Gasteiger partial charge < -0.3 is 15.7 Å². The Morgan fingerprint density at radius 2 is 2.40 bits per heavy atom. The number of guanidine groups is 1. The van der Waals surface area contributed by atoms with E-state index in [2.05, 4.69) is 0 Å². The van der Waals surface area contributed by atoms with Crippen LogP contribution in [0.2, 0.25) is 0 Å². The minimum absolute atomic E-state index is 0.154. The van der Waals surface area contributed by atoms with E-state index in [1.165, 1.54) is 4.90 Å². The number of nitrogens with zero attached hydrogens (tertiary/aromatic N) is 1. The number of nitrogens with one attached hydrogen (secondary N) is 1. The molecule has 4 N–H and O–H groups in total. The summed E-state index contributed by atoms with van der Waals surface area (Å²) in [5.74, 6) is -1.06. The lowest BCUT2D eigenvalue weighted by molar-refractivity contribution is -0.145. The van der Waals surface area contributed by atoms with E-state index in [1.807, 2.05) is 0 Å². The fourth-order valence-electron chi connectivity index (χ4n) is 0.932. The predicted octanol–water partition coefficient (Wildman–Crippen LogP) is -0.961. The van der Waals surface area contributed by atoms with E-state index in [0.717, 1.165) is 0 Å². The molecule has 0 bridgehead atoms. The summed E-state index contributed by atoms with van der Waals surface area (Å²) in [5, 5.41) is 15.4. The monoisotopic (exact) mass is 143 g/mol. The Kier molecular flexibility index (Phi) is 1.48. The van der Waals surface area contributed by atoms with Crippen LogP contribution in [0.25, 0.3) is 0 Å². The Hall–Kier alpha value is -1.26. The van der Waals surface area contributed by atoms with Crippen LogP contribution in [0.15, 0.2) is 0 Å². The van der Waals surface area contributed by atoms with Gasteiger partial charge in [-0.25, -0.2) is 4.79 Å². The van der Waals surface area contributed by atoms with E-state index in [4.69, 9.17) is 16.2 Å². The third-order valence-electron chi connectivity index (χ3n) is 1.61. The van der Waals surface area contributed by atoms with Crippen molar-refractivity contribution >= 4 is 11.9 Å². The molecule has 1 unspecified atom stereocenters. The maximum Gasteiger partial charge on any atom is 0.326 e. The number of rotatable bonds is 1. The summed E-state index contributed by atoms with van der Waals surface area (Å²) in [7, 11) is 0. The third kappa shape index (κ3) is 0.896. The maximum absolute atomic E-state index is 10.3. The number of carboxylic acid groups (broad SMARTS) is 1. The van der Waals surface area contributed by atoms with Gasteiger partial charge in [-0.2, -0.15) is 0 Å². The third-order valence-corrected chi connectivity index (χ3v) is 1.61. The highest BCUT2D eigenvalue weighted by atomic mass is 16.4. The van der Waals surface area contributed by atoms with Crippen LogP contribution in [-0.2, 0) is 4.79 Å². The molecular formula is C5H9N3O2. The molecule has 0 aromatic rings. The van der Waals surface area contributed by atoms with Crippen LogP contribution in [0.4, 0.5) is 0 Å². The summed E-state index contributed by atoms with van der Waals surface area (Å²) in [6.45, 7) is 0.590. The van der Waals surface area contributed by atoms with Gasteiger partial charge in [0.05, 0.1) is 0 Å². The van der Waals surface area contributed by atoms with E-state index >= 15 is 0 Å². The lowest BCUT2D eigenvalue weighted by Gasteiger charge is -2.37. The van der Waals surface area contributed by atoms with E-state index in [1.54, 1.807) is 0 Å². The zero-order valence-corrected chi connectivity index (χ0v) is 5.37. The van der Waals surface area contributed by atoms with E-state index < -0.39 is 12.0 Å². The zero-order chi connectivity index (χ0) is 7.72. The van der Waals surface area contributed by atoms with E-state index in [-0.39, 0.29) is 5.96 Å². The molecule has 1 rings (SSSR count). The van der Waals surface area contributed by atoms with Gasteiger partial charge in [0.2, 0.25) is 0 Å². The molecule has 5 heteroatoms. The van der Waals surface area contributed by atoms with Crippen molar-refractivity contribution < 1.29 is 9.90 Å². The maximum atomic E-state index is 10.3. The highest BCUT2D eigenvalue weighted by Gasteiger charge is 2.34. The molecule has 5 nitrogen and oxygen atoms in total. The minimum Gasteiger partial charge on any atom is -0.480 e. The first-order valence-electron chi connectivity index (χ1n) is 2.96. The molecule has 0 saturated carbocycles. The van der Waals surface area contributed by atoms with Crippen LogP contribution in [0.1, 0.15) is 6.42 Å². The standard InChI is InChI=1S/C5H9N3O2/c6-5(7)8-2-1-3(8)4(9)10/h3H,1-2H2,(H3,6,7)(H,9,10). The van der Waals surface area contributed by atoms with Crippen LogP contribution in [0, 0.1) is 5.41 Å². The molecule has 1 aliphatic heterocycles. The molecule has 1 saturated heterocycles. The lowest BCUT2D eigenvalue weighted by Crippen LogP contribution is -2.57. The first-order valence-corrected chi connectivity index (χ1v) is 2.96. The molecule has 1 atom stereocenters. The Morgan fingerprint density at radius 1 is 1.80 bits per heavy atom. The average Bonchev–Trinajstić information content (AvgIpc) is 1.56. The molecule has 0 aliphatic carbocycles. The fraction of sp³-hybridized carbons (Fsp3) is 0.600. The van der Waals surface area contributed by atoms with Crippen molar-refractivity contribution in [3.05, 3.63) is 0 Å². The van der Waals surface area contributed by atoms with Crippen LogP contribution in [0.5, 0.6) is 0 Å². The number of hydrogen-bond donors (Lipinski definition) is 3. The zero-order valence-electron chi connectivity index (χ0n) is 5.37. The van der Waals surface area contributed by atoms with Gasteiger partial charge in [0.1, 0.15) is 6.04 Å². The number of carbonyl (C=O) groups is 1. The molecule has 1 aliphatic rings. The number of nitrogens with two attached hydrogens (primary N) is 1. The summed E-state index contributed by atoms with van der Waals surface area (Å²) in [4.78, 5) is 11.7. The van der Waals surface area contributed by atoms with Gasteiger partial charge in [-0.1, -0.05) is 0 Å². The lowest BCUT2D eigenvalue weighted by atomic mass is 10.0. The highest BCUT2D eigenvalue weighted by Crippen LogP contribution is 2.15. The van der Waals surface area contributed by atoms with Gasteiger partial charge in [-0.3, -0.25) is 5.41 Å². The molecular weight excluding hydrogens is 134 g/mol. The Bertz CT molecular complexity index is 160. The van der Waals surface area contributed by atoms with Crippen molar-refractivity contribution in [1.82, 2.24) is 4.90 Å². The number of likely N-dealkylation sites (tertiary alicyclic amines) is 1. The van der Waals surface area contributed by atoms with Crippen molar-refractivity contribution in [2.24, 2.45) is 5.73 Å². The Labute approximate surface area is 57.9 Å². The second-order valence-electron chi connectivity index (χ2n) is 2.22. The van der Waals surface area contributed by atoms with Gasteiger partial charge in [-0.15, -0.1) is 0 Å². The summed E-state index contributed by atoms with van der Waals surface area (Å²) in [6, 6.07) is -0.558. The second-order valence-corrected chi connectivity index (χ2v) is 2.22. The Balaban J connectivity index is 2.51. The van der Waals surface area contributed by atoms with Crippen LogP contribution in [-0.4, -0.2) is 34.5 Å². The molecule has 0 radical (unpaired) electrons. The summed E-state index contributed by atoms with van der Waals surface area (Å²) in [6.07, 6.45) is 0.592. The highest BCUT2D eigenvalue weighted by molar-refractivity contribution is 5.84. The fourth-order valence-corrected chi connectivity index (χ4v) is 0.932. The predicted molar refractivity (Wildman–Crippen MR) is 34.7 cm³/mol. The van der Waals surface area contributed by atoms with Gasteiger partial charge in [0.25, 0.3) is 0 Å². The quantitative estimate of drug-likeness (QED) is 0.325. The van der Waals surface area contributed by atoms with Crippen molar-refractivity contribution in [2.75, 3.05) is 6.54 Å². The van der Waals surface area contributed by atoms with Crippen LogP contribution >= 0.6 is 0 Å². The van der Waals surface area contributed by atoms with E-state index in [9.17, 15) is 4.79 Å².